The van der Waals surface area contributed by atoms with Crippen LogP contribution in [0.4, 0.5) is 4.79 Å². The number of aryl methyl sites for hydroxylation is 2. The number of imide groups is 1. The van der Waals surface area contributed by atoms with Crippen molar-refractivity contribution in [3.63, 3.8) is 0 Å². The van der Waals surface area contributed by atoms with E-state index in [0.717, 1.165) is 18.5 Å². The summed E-state index contributed by atoms with van der Waals surface area (Å²) in [5.41, 5.74) is 2.65. The molecule has 2 N–H and O–H groups in total. The second kappa shape index (κ2) is 5.15. The molecule has 2 fully saturated rings. The van der Waals surface area contributed by atoms with Gasteiger partial charge in [-0.1, -0.05) is 18.2 Å². The maximum absolute atomic E-state index is 12.7. The minimum Gasteiger partial charge on any atom is -0.322 e. The van der Waals surface area contributed by atoms with Crippen LogP contribution in [0.15, 0.2) is 18.2 Å². The molecule has 2 aliphatic heterocycles. The van der Waals surface area contributed by atoms with Crippen LogP contribution in [-0.2, 0) is 11.3 Å². The fraction of sp³-hybridized carbons (Fsp3) is 0.500. The number of hydrogen-bond acceptors (Lipinski definition) is 3. The van der Waals surface area contributed by atoms with Gasteiger partial charge in [-0.05, 0) is 49.9 Å². The predicted molar refractivity (Wildman–Crippen MR) is 79.8 cm³/mol. The Balaban J connectivity index is 1.80. The number of nitrogens with zero attached hydrogens (tertiary/aromatic N) is 1. The Hall–Kier alpha value is -1.88. The molecule has 1 aromatic carbocycles. The Labute approximate surface area is 124 Å². The first-order valence-corrected chi connectivity index (χ1v) is 7.43. The molecular formula is C16H21N3O2. The summed E-state index contributed by atoms with van der Waals surface area (Å²) in [5, 5.41) is 6.10. The van der Waals surface area contributed by atoms with Gasteiger partial charge >= 0.3 is 6.03 Å². The smallest absolute Gasteiger partial charge is 0.322 e. The number of carbonyl (C=O) groups is 2. The van der Waals surface area contributed by atoms with Crippen LogP contribution in [0.25, 0.3) is 0 Å². The van der Waals surface area contributed by atoms with Gasteiger partial charge in [0.1, 0.15) is 5.54 Å². The average molecular weight is 287 g/mol. The summed E-state index contributed by atoms with van der Waals surface area (Å²) < 4.78 is 0. The normalized spacial score (nSPS) is 25.5. The van der Waals surface area contributed by atoms with E-state index in [0.29, 0.717) is 19.5 Å². The van der Waals surface area contributed by atoms with Gasteiger partial charge in [-0.3, -0.25) is 9.69 Å². The number of rotatable bonds is 2. The van der Waals surface area contributed by atoms with Gasteiger partial charge in [-0.2, -0.15) is 0 Å². The van der Waals surface area contributed by atoms with Crippen molar-refractivity contribution in [2.45, 2.75) is 38.8 Å². The molecule has 1 unspecified atom stereocenters. The van der Waals surface area contributed by atoms with Crippen molar-refractivity contribution in [2.75, 3.05) is 13.1 Å². The first-order chi connectivity index (χ1) is 10.0. The van der Waals surface area contributed by atoms with E-state index in [1.807, 2.05) is 25.1 Å². The van der Waals surface area contributed by atoms with Gasteiger partial charge in [0.15, 0.2) is 0 Å². The van der Waals surface area contributed by atoms with Crippen LogP contribution in [0, 0.1) is 13.8 Å². The van der Waals surface area contributed by atoms with Gasteiger partial charge in [-0.25, -0.2) is 4.79 Å². The van der Waals surface area contributed by atoms with Crippen molar-refractivity contribution in [1.82, 2.24) is 15.5 Å². The summed E-state index contributed by atoms with van der Waals surface area (Å²) in [6, 6.07) is 5.77. The molecule has 0 aliphatic carbocycles. The van der Waals surface area contributed by atoms with Gasteiger partial charge in [0.05, 0.1) is 6.54 Å². The number of piperidine rings is 1. The lowest BCUT2D eigenvalue weighted by atomic mass is 9.90. The van der Waals surface area contributed by atoms with Crippen LogP contribution >= 0.6 is 0 Å². The molecule has 0 aromatic heterocycles. The lowest BCUT2D eigenvalue weighted by Gasteiger charge is -2.31. The third-order valence-electron chi connectivity index (χ3n) is 4.54. The Bertz CT molecular complexity index is 591. The van der Waals surface area contributed by atoms with Gasteiger partial charge < -0.3 is 10.6 Å². The number of hydrogen-bond donors (Lipinski definition) is 2. The highest BCUT2D eigenvalue weighted by molar-refractivity contribution is 6.07. The zero-order valence-corrected chi connectivity index (χ0v) is 12.5. The van der Waals surface area contributed by atoms with Crippen LogP contribution in [0.5, 0.6) is 0 Å². The molecule has 21 heavy (non-hydrogen) atoms. The minimum absolute atomic E-state index is 0.0991. The van der Waals surface area contributed by atoms with E-state index < -0.39 is 5.54 Å². The maximum atomic E-state index is 12.7. The SMILES string of the molecule is Cc1ccc(CN2C(=O)NC3(CCCNC3)C2=O)cc1C. The standard InChI is InChI=1S/C16H21N3O2/c1-11-4-5-13(8-12(11)2)9-19-14(20)16(18-15(19)21)6-3-7-17-10-16/h4-5,8,17H,3,6-7,9-10H2,1-2H3,(H,18,21). The first-order valence-electron chi connectivity index (χ1n) is 7.43. The molecule has 2 saturated heterocycles. The number of urea groups is 1. The molecule has 0 radical (unpaired) electrons. The Kier molecular flexibility index (Phi) is 3.45. The molecule has 0 bridgehead atoms. The van der Waals surface area contributed by atoms with E-state index in [9.17, 15) is 9.59 Å². The van der Waals surface area contributed by atoms with Crippen molar-refractivity contribution in [3.8, 4) is 0 Å². The van der Waals surface area contributed by atoms with Gasteiger partial charge in [0.25, 0.3) is 5.91 Å². The second-order valence-corrected chi connectivity index (χ2v) is 6.10. The van der Waals surface area contributed by atoms with Crippen LogP contribution in [0.3, 0.4) is 0 Å². The zero-order chi connectivity index (χ0) is 15.0. The molecular weight excluding hydrogens is 266 g/mol. The van der Waals surface area contributed by atoms with Crippen molar-refractivity contribution in [3.05, 3.63) is 34.9 Å². The van der Waals surface area contributed by atoms with Gasteiger partial charge in [-0.15, -0.1) is 0 Å². The third-order valence-corrected chi connectivity index (χ3v) is 4.54. The highest BCUT2D eigenvalue weighted by atomic mass is 16.2. The van der Waals surface area contributed by atoms with E-state index in [2.05, 4.69) is 17.6 Å². The molecule has 1 spiro atoms. The third kappa shape index (κ3) is 2.42. The monoisotopic (exact) mass is 287 g/mol. The van der Waals surface area contributed by atoms with E-state index in [-0.39, 0.29) is 11.9 Å². The van der Waals surface area contributed by atoms with E-state index in [1.165, 1.54) is 16.0 Å². The van der Waals surface area contributed by atoms with E-state index >= 15 is 0 Å². The highest BCUT2D eigenvalue weighted by Gasteiger charge is 2.51. The largest absolute Gasteiger partial charge is 0.325 e. The summed E-state index contributed by atoms with van der Waals surface area (Å²) >= 11 is 0. The van der Waals surface area contributed by atoms with Gasteiger partial charge in [0.2, 0.25) is 0 Å². The molecule has 1 atom stereocenters. The molecule has 2 heterocycles. The fourth-order valence-corrected chi connectivity index (χ4v) is 3.10. The quantitative estimate of drug-likeness (QED) is 0.810. The van der Waals surface area contributed by atoms with E-state index in [4.69, 9.17) is 0 Å². The van der Waals surface area contributed by atoms with Crippen LogP contribution in [-0.4, -0.2) is 35.5 Å². The molecule has 5 nitrogen and oxygen atoms in total. The van der Waals surface area contributed by atoms with Crippen molar-refractivity contribution in [1.29, 1.82) is 0 Å². The molecule has 3 amide bonds. The molecule has 112 valence electrons. The summed E-state index contributed by atoms with van der Waals surface area (Å²) in [5.74, 6) is -0.0991. The molecule has 1 aromatic rings. The number of benzene rings is 1. The van der Waals surface area contributed by atoms with Crippen molar-refractivity contribution >= 4 is 11.9 Å². The van der Waals surface area contributed by atoms with Crippen molar-refractivity contribution < 1.29 is 9.59 Å². The molecule has 0 saturated carbocycles. The first kappa shape index (κ1) is 14.1. The maximum Gasteiger partial charge on any atom is 0.325 e. The highest BCUT2D eigenvalue weighted by Crippen LogP contribution is 2.26. The van der Waals surface area contributed by atoms with Gasteiger partial charge in [0, 0.05) is 6.54 Å². The Morgan fingerprint density at radius 1 is 1.24 bits per heavy atom. The zero-order valence-electron chi connectivity index (χ0n) is 12.5. The minimum atomic E-state index is -0.727. The second-order valence-electron chi connectivity index (χ2n) is 6.10. The lowest BCUT2D eigenvalue weighted by molar-refractivity contribution is -0.132. The average Bonchev–Trinajstić information content (AvgIpc) is 2.68. The summed E-state index contributed by atoms with van der Waals surface area (Å²) in [7, 11) is 0. The number of nitrogens with one attached hydrogen (secondary N) is 2. The molecule has 3 rings (SSSR count). The summed E-state index contributed by atoms with van der Waals surface area (Å²) in [4.78, 5) is 26.2. The van der Waals surface area contributed by atoms with Crippen LogP contribution in [0.1, 0.15) is 29.5 Å². The van der Waals surface area contributed by atoms with E-state index in [1.54, 1.807) is 0 Å². The Morgan fingerprint density at radius 3 is 2.71 bits per heavy atom. The lowest BCUT2D eigenvalue weighted by Crippen LogP contribution is -2.57. The number of amides is 3. The predicted octanol–water partition coefficient (Wildman–Crippen LogP) is 1.48. The Morgan fingerprint density at radius 2 is 2.05 bits per heavy atom. The topological polar surface area (TPSA) is 61.4 Å². The van der Waals surface area contributed by atoms with Crippen LogP contribution in [0.2, 0.25) is 0 Å². The summed E-state index contributed by atoms with van der Waals surface area (Å²) in [6.07, 6.45) is 1.62. The van der Waals surface area contributed by atoms with Crippen LogP contribution < -0.4 is 10.6 Å². The van der Waals surface area contributed by atoms with Crippen molar-refractivity contribution in [2.24, 2.45) is 0 Å². The molecule has 2 aliphatic rings. The molecule has 5 heteroatoms. The fourth-order valence-electron chi connectivity index (χ4n) is 3.10. The summed E-state index contributed by atoms with van der Waals surface area (Å²) in [6.45, 7) is 5.86. The number of carbonyl (C=O) groups excluding carboxylic acids is 2.